The summed E-state index contributed by atoms with van der Waals surface area (Å²) in [4.78, 5) is 1.87. The molecule has 0 aliphatic carbocycles. The lowest BCUT2D eigenvalue weighted by Gasteiger charge is -2.16. The Morgan fingerprint density at radius 3 is 2.46 bits per heavy atom. The summed E-state index contributed by atoms with van der Waals surface area (Å²) in [6.45, 7) is 4.71. The Labute approximate surface area is 81.6 Å². The monoisotopic (exact) mass is 183 g/mol. The first-order chi connectivity index (χ1) is 6.18. The number of allylic oxidation sites excluding steroid dienone is 3. The van der Waals surface area contributed by atoms with Crippen molar-refractivity contribution < 1.29 is 5.11 Å². The molecule has 0 rings (SSSR count). The smallest absolute Gasteiger partial charge is 0.104 e. The van der Waals surface area contributed by atoms with E-state index in [1.807, 2.05) is 24.1 Å². The molecular weight excluding hydrogens is 162 g/mol. The maximum Gasteiger partial charge on any atom is 0.104 e. The van der Waals surface area contributed by atoms with Crippen molar-refractivity contribution in [2.24, 2.45) is 0 Å². The second kappa shape index (κ2) is 8.02. The molecule has 0 aromatic carbocycles. The van der Waals surface area contributed by atoms with E-state index in [1.54, 1.807) is 6.92 Å². The summed E-state index contributed by atoms with van der Waals surface area (Å²) in [5.41, 5.74) is 0. The summed E-state index contributed by atoms with van der Waals surface area (Å²) >= 11 is 0. The first kappa shape index (κ1) is 12.4. The summed E-state index contributed by atoms with van der Waals surface area (Å²) in [5, 5.41) is 9.14. The largest absolute Gasteiger partial charge is 0.379 e. The summed E-state index contributed by atoms with van der Waals surface area (Å²) in [6.07, 6.45) is 10.2. The third-order valence-electron chi connectivity index (χ3n) is 1.87. The van der Waals surface area contributed by atoms with Crippen molar-refractivity contribution in [1.82, 2.24) is 4.90 Å². The van der Waals surface area contributed by atoms with Gasteiger partial charge in [0.1, 0.15) is 6.23 Å². The van der Waals surface area contributed by atoms with Gasteiger partial charge in [-0.25, -0.2) is 0 Å². The molecular formula is C11H21NO. The first-order valence-electron chi connectivity index (χ1n) is 4.88. The Morgan fingerprint density at radius 2 is 1.92 bits per heavy atom. The minimum atomic E-state index is -0.371. The molecule has 0 aromatic rings. The molecule has 0 fully saturated rings. The van der Waals surface area contributed by atoms with Gasteiger partial charge in [0, 0.05) is 6.54 Å². The Hall–Kier alpha value is -0.600. The van der Waals surface area contributed by atoms with Crippen LogP contribution >= 0.6 is 0 Å². The molecule has 0 aliphatic heterocycles. The molecule has 1 atom stereocenters. The highest BCUT2D eigenvalue weighted by molar-refractivity contribution is 5.03. The summed E-state index contributed by atoms with van der Waals surface area (Å²) in [6, 6.07) is 0. The van der Waals surface area contributed by atoms with E-state index in [0.29, 0.717) is 0 Å². The van der Waals surface area contributed by atoms with E-state index in [2.05, 4.69) is 19.1 Å². The number of aliphatic hydroxyl groups excluding tert-OH is 1. The van der Waals surface area contributed by atoms with Crippen molar-refractivity contribution >= 4 is 0 Å². The minimum Gasteiger partial charge on any atom is -0.379 e. The summed E-state index contributed by atoms with van der Waals surface area (Å²) in [7, 11) is 1.89. The van der Waals surface area contributed by atoms with Crippen molar-refractivity contribution in [1.29, 1.82) is 0 Å². The van der Waals surface area contributed by atoms with Crippen LogP contribution < -0.4 is 0 Å². The highest BCUT2D eigenvalue weighted by Gasteiger charge is 1.99. The molecule has 13 heavy (non-hydrogen) atoms. The molecule has 1 N–H and O–H groups in total. The number of hydrogen-bond donors (Lipinski definition) is 1. The van der Waals surface area contributed by atoms with Crippen molar-refractivity contribution in [3.63, 3.8) is 0 Å². The van der Waals surface area contributed by atoms with Crippen LogP contribution in [0.2, 0.25) is 0 Å². The van der Waals surface area contributed by atoms with Crippen molar-refractivity contribution in [3.8, 4) is 0 Å². The van der Waals surface area contributed by atoms with Crippen LogP contribution in [0.25, 0.3) is 0 Å². The number of hydrogen-bond acceptors (Lipinski definition) is 2. The zero-order valence-electron chi connectivity index (χ0n) is 8.90. The van der Waals surface area contributed by atoms with E-state index in [4.69, 9.17) is 5.11 Å². The second-order valence-corrected chi connectivity index (χ2v) is 3.22. The topological polar surface area (TPSA) is 23.5 Å². The van der Waals surface area contributed by atoms with Gasteiger partial charge >= 0.3 is 0 Å². The maximum atomic E-state index is 9.14. The molecule has 76 valence electrons. The van der Waals surface area contributed by atoms with Crippen LogP contribution in [-0.2, 0) is 0 Å². The van der Waals surface area contributed by atoms with Gasteiger partial charge in [-0.15, -0.1) is 0 Å². The van der Waals surface area contributed by atoms with Crippen LogP contribution in [0, 0.1) is 0 Å². The Bertz CT molecular complexity index is 161. The quantitative estimate of drug-likeness (QED) is 0.504. The molecule has 0 radical (unpaired) electrons. The van der Waals surface area contributed by atoms with Crippen LogP contribution in [0.5, 0.6) is 0 Å². The number of likely N-dealkylation sites (N-methyl/N-ethyl adjacent to an activating group) is 1. The third kappa shape index (κ3) is 7.75. The molecule has 2 nitrogen and oxygen atoms in total. The second-order valence-electron chi connectivity index (χ2n) is 3.22. The third-order valence-corrected chi connectivity index (χ3v) is 1.87. The highest BCUT2D eigenvalue weighted by atomic mass is 16.3. The van der Waals surface area contributed by atoms with Crippen LogP contribution in [0.15, 0.2) is 24.3 Å². The van der Waals surface area contributed by atoms with Crippen molar-refractivity contribution in [2.45, 2.75) is 32.9 Å². The molecule has 0 aliphatic rings. The van der Waals surface area contributed by atoms with Crippen LogP contribution in [0.1, 0.15) is 26.7 Å². The Balaban J connectivity index is 3.51. The van der Waals surface area contributed by atoms with E-state index in [-0.39, 0.29) is 6.23 Å². The molecule has 0 bridgehead atoms. The molecule has 1 unspecified atom stereocenters. The van der Waals surface area contributed by atoms with E-state index in [1.165, 1.54) is 6.42 Å². The number of nitrogens with zero attached hydrogens (tertiary/aromatic N) is 1. The Kier molecular flexibility index (Phi) is 7.65. The maximum absolute atomic E-state index is 9.14. The van der Waals surface area contributed by atoms with Gasteiger partial charge in [-0.05, 0) is 20.4 Å². The number of unbranched alkanes of at least 4 members (excludes halogenated alkanes) is 1. The molecule has 2 heteroatoms. The van der Waals surface area contributed by atoms with Crippen molar-refractivity contribution in [2.75, 3.05) is 13.6 Å². The number of aliphatic hydroxyl groups is 1. The predicted octanol–water partition coefficient (Wildman–Crippen LogP) is 2.17. The SMILES string of the molecule is CCCC=CC=CCN(C)C(C)O. The highest BCUT2D eigenvalue weighted by Crippen LogP contribution is 1.92. The normalized spacial score (nSPS) is 14.8. The first-order valence-corrected chi connectivity index (χ1v) is 4.88. The summed E-state index contributed by atoms with van der Waals surface area (Å²) in [5.74, 6) is 0. The van der Waals surface area contributed by atoms with Crippen LogP contribution in [0.4, 0.5) is 0 Å². The van der Waals surface area contributed by atoms with Crippen LogP contribution in [-0.4, -0.2) is 29.8 Å². The van der Waals surface area contributed by atoms with Gasteiger partial charge in [-0.3, -0.25) is 4.90 Å². The van der Waals surface area contributed by atoms with Gasteiger partial charge in [-0.1, -0.05) is 37.6 Å². The average Bonchev–Trinajstić information content (AvgIpc) is 2.10. The van der Waals surface area contributed by atoms with Gasteiger partial charge in [-0.2, -0.15) is 0 Å². The van der Waals surface area contributed by atoms with E-state index in [0.717, 1.165) is 13.0 Å². The average molecular weight is 183 g/mol. The molecule has 0 saturated carbocycles. The zero-order valence-corrected chi connectivity index (χ0v) is 8.90. The fourth-order valence-electron chi connectivity index (χ4n) is 0.800. The van der Waals surface area contributed by atoms with Gasteiger partial charge in [0.15, 0.2) is 0 Å². The lowest BCUT2D eigenvalue weighted by atomic mass is 10.3. The van der Waals surface area contributed by atoms with Crippen molar-refractivity contribution in [3.05, 3.63) is 24.3 Å². The lowest BCUT2D eigenvalue weighted by Crippen LogP contribution is -2.28. The minimum absolute atomic E-state index is 0.371. The zero-order chi connectivity index (χ0) is 10.1. The molecule has 0 spiro atoms. The molecule has 0 amide bonds. The van der Waals surface area contributed by atoms with Gasteiger partial charge in [0.25, 0.3) is 0 Å². The van der Waals surface area contributed by atoms with Gasteiger partial charge in [0.05, 0.1) is 0 Å². The fourth-order valence-corrected chi connectivity index (χ4v) is 0.800. The lowest BCUT2D eigenvalue weighted by molar-refractivity contribution is 0.0470. The summed E-state index contributed by atoms with van der Waals surface area (Å²) < 4.78 is 0. The van der Waals surface area contributed by atoms with E-state index < -0.39 is 0 Å². The molecule has 0 aromatic heterocycles. The molecule has 0 saturated heterocycles. The van der Waals surface area contributed by atoms with E-state index in [9.17, 15) is 0 Å². The van der Waals surface area contributed by atoms with E-state index >= 15 is 0 Å². The molecule has 0 heterocycles. The standard InChI is InChI=1S/C11H21NO/c1-4-5-6-7-8-9-10-12(3)11(2)13/h6-9,11,13H,4-5,10H2,1-3H3. The Morgan fingerprint density at radius 1 is 1.31 bits per heavy atom. The van der Waals surface area contributed by atoms with Gasteiger partial charge in [0.2, 0.25) is 0 Å². The van der Waals surface area contributed by atoms with Gasteiger partial charge < -0.3 is 5.11 Å². The predicted molar refractivity (Wildman–Crippen MR) is 57.5 cm³/mol. The van der Waals surface area contributed by atoms with Crippen LogP contribution in [0.3, 0.4) is 0 Å². The fraction of sp³-hybridized carbons (Fsp3) is 0.636. The number of rotatable bonds is 6.